The summed E-state index contributed by atoms with van der Waals surface area (Å²) in [5.74, 6) is 0.0957. The van der Waals surface area contributed by atoms with E-state index in [2.05, 4.69) is 20.4 Å². The summed E-state index contributed by atoms with van der Waals surface area (Å²) in [7, 11) is 0. The molecule has 0 bridgehead atoms. The molecule has 1 saturated heterocycles. The van der Waals surface area contributed by atoms with E-state index >= 15 is 0 Å². The van der Waals surface area contributed by atoms with Gasteiger partial charge in [0.25, 0.3) is 0 Å². The molecule has 2 N–H and O–H groups in total. The van der Waals surface area contributed by atoms with Gasteiger partial charge >= 0.3 is 0 Å². The second-order valence-corrected chi connectivity index (χ2v) is 8.23. The summed E-state index contributed by atoms with van der Waals surface area (Å²) in [6.07, 6.45) is 2.48. The van der Waals surface area contributed by atoms with Gasteiger partial charge in [0.05, 0.1) is 12.2 Å². The van der Waals surface area contributed by atoms with Crippen molar-refractivity contribution in [2.45, 2.75) is 17.9 Å². The van der Waals surface area contributed by atoms with E-state index in [0.29, 0.717) is 19.5 Å². The molecular weight excluding hydrogens is 396 g/mol. The van der Waals surface area contributed by atoms with Crippen LogP contribution in [0.5, 0.6) is 0 Å². The molecule has 1 fully saturated rings. The Kier molecular flexibility index (Phi) is 8.74. The van der Waals surface area contributed by atoms with Crippen molar-refractivity contribution >= 4 is 29.3 Å². The van der Waals surface area contributed by atoms with Gasteiger partial charge in [-0.25, -0.2) is 0 Å². The normalized spacial score (nSPS) is 15.0. The van der Waals surface area contributed by atoms with Gasteiger partial charge in [-0.2, -0.15) is 0 Å². The van der Waals surface area contributed by atoms with Crippen LogP contribution in [-0.4, -0.2) is 67.1 Å². The first-order valence-electron chi connectivity index (χ1n) is 10.3. The molecule has 0 radical (unpaired) electrons. The average Bonchev–Trinajstić information content (AvgIpc) is 2.78. The lowest BCUT2D eigenvalue weighted by Crippen LogP contribution is -2.49. The third-order valence-electron chi connectivity index (χ3n) is 5.20. The Balaban J connectivity index is 1.32. The fraction of sp³-hybridized carbons (Fsp3) is 0.391. The SMILES string of the molecule is CSc1ccccc1NC(=O)CCN1CCN(CC(=O)NCc2ccccc2)CC1. The zero-order chi connectivity index (χ0) is 21.2. The standard InChI is InChI=1S/C23H30N4O2S/c1-30-21-10-6-5-9-20(21)25-22(28)11-12-26-13-15-27(16-14-26)18-23(29)24-17-19-7-3-2-4-8-19/h2-10H,11-18H2,1H3,(H,24,29)(H,25,28). The van der Waals surface area contributed by atoms with Crippen LogP contribution in [0.4, 0.5) is 5.69 Å². The third kappa shape index (κ3) is 7.16. The second kappa shape index (κ2) is 11.7. The van der Waals surface area contributed by atoms with Gasteiger partial charge in [0, 0.05) is 50.6 Å². The smallest absolute Gasteiger partial charge is 0.234 e. The molecule has 2 aromatic rings. The summed E-state index contributed by atoms with van der Waals surface area (Å²) < 4.78 is 0. The number of nitrogens with one attached hydrogen (secondary N) is 2. The maximum atomic E-state index is 12.3. The molecule has 3 rings (SSSR count). The number of carbonyl (C=O) groups is 2. The van der Waals surface area contributed by atoms with Crippen molar-refractivity contribution < 1.29 is 9.59 Å². The zero-order valence-corrected chi connectivity index (χ0v) is 18.3. The van der Waals surface area contributed by atoms with Gasteiger partial charge in [-0.1, -0.05) is 42.5 Å². The van der Waals surface area contributed by atoms with Crippen molar-refractivity contribution in [2.75, 3.05) is 50.8 Å². The predicted octanol–water partition coefficient (Wildman–Crippen LogP) is 2.67. The Morgan fingerprint density at radius 3 is 2.30 bits per heavy atom. The summed E-state index contributed by atoms with van der Waals surface area (Å²) in [5, 5.41) is 5.99. The van der Waals surface area contributed by atoms with Gasteiger partial charge < -0.3 is 15.5 Å². The minimum atomic E-state index is 0.0409. The number of para-hydroxylation sites is 1. The summed E-state index contributed by atoms with van der Waals surface area (Å²) in [5.41, 5.74) is 1.98. The van der Waals surface area contributed by atoms with Crippen LogP contribution in [0.25, 0.3) is 0 Å². The molecule has 6 nitrogen and oxygen atoms in total. The largest absolute Gasteiger partial charge is 0.351 e. The highest BCUT2D eigenvalue weighted by Crippen LogP contribution is 2.24. The van der Waals surface area contributed by atoms with Crippen LogP contribution in [-0.2, 0) is 16.1 Å². The zero-order valence-electron chi connectivity index (χ0n) is 17.5. The van der Waals surface area contributed by atoms with Crippen LogP contribution in [0.2, 0.25) is 0 Å². The van der Waals surface area contributed by atoms with Crippen molar-refractivity contribution in [3.63, 3.8) is 0 Å². The molecule has 0 aliphatic carbocycles. The highest BCUT2D eigenvalue weighted by molar-refractivity contribution is 7.98. The van der Waals surface area contributed by atoms with E-state index in [4.69, 9.17) is 0 Å². The first-order valence-corrected chi connectivity index (χ1v) is 11.5. The van der Waals surface area contributed by atoms with E-state index in [1.54, 1.807) is 11.8 Å². The number of amides is 2. The van der Waals surface area contributed by atoms with Crippen molar-refractivity contribution in [3.8, 4) is 0 Å². The van der Waals surface area contributed by atoms with Gasteiger partial charge in [0.1, 0.15) is 0 Å². The molecule has 0 atom stereocenters. The van der Waals surface area contributed by atoms with Crippen LogP contribution in [0.3, 0.4) is 0 Å². The fourth-order valence-corrected chi connectivity index (χ4v) is 4.00. The van der Waals surface area contributed by atoms with Crippen molar-refractivity contribution in [1.29, 1.82) is 0 Å². The highest BCUT2D eigenvalue weighted by Gasteiger charge is 2.19. The van der Waals surface area contributed by atoms with Crippen molar-refractivity contribution in [2.24, 2.45) is 0 Å². The van der Waals surface area contributed by atoms with E-state index in [9.17, 15) is 9.59 Å². The number of hydrogen-bond donors (Lipinski definition) is 2. The molecule has 160 valence electrons. The molecule has 0 unspecified atom stereocenters. The minimum absolute atomic E-state index is 0.0409. The molecule has 1 aliphatic heterocycles. The lowest BCUT2D eigenvalue weighted by atomic mass is 10.2. The van der Waals surface area contributed by atoms with Gasteiger partial charge in [-0.15, -0.1) is 11.8 Å². The van der Waals surface area contributed by atoms with Crippen molar-refractivity contribution in [3.05, 3.63) is 60.2 Å². The van der Waals surface area contributed by atoms with E-state index in [1.165, 1.54) is 0 Å². The topological polar surface area (TPSA) is 64.7 Å². The molecule has 0 aromatic heterocycles. The number of benzene rings is 2. The van der Waals surface area contributed by atoms with Crippen molar-refractivity contribution in [1.82, 2.24) is 15.1 Å². The lowest BCUT2D eigenvalue weighted by Gasteiger charge is -2.34. The number of thioether (sulfide) groups is 1. The van der Waals surface area contributed by atoms with Gasteiger partial charge in [0.2, 0.25) is 11.8 Å². The Labute approximate surface area is 183 Å². The maximum Gasteiger partial charge on any atom is 0.234 e. The molecular formula is C23H30N4O2S. The van der Waals surface area contributed by atoms with Gasteiger partial charge in [-0.3, -0.25) is 14.5 Å². The van der Waals surface area contributed by atoms with Crippen LogP contribution >= 0.6 is 11.8 Å². The first-order chi connectivity index (χ1) is 14.6. The Morgan fingerprint density at radius 2 is 1.57 bits per heavy atom. The number of hydrogen-bond acceptors (Lipinski definition) is 5. The number of nitrogens with zero attached hydrogens (tertiary/aromatic N) is 2. The molecule has 1 aliphatic rings. The lowest BCUT2D eigenvalue weighted by molar-refractivity contribution is -0.122. The Hall–Kier alpha value is -2.35. The van der Waals surface area contributed by atoms with Crippen LogP contribution in [0, 0.1) is 0 Å². The molecule has 2 aromatic carbocycles. The second-order valence-electron chi connectivity index (χ2n) is 7.38. The highest BCUT2D eigenvalue weighted by atomic mass is 32.2. The van der Waals surface area contributed by atoms with Gasteiger partial charge in [-0.05, 0) is 24.0 Å². The van der Waals surface area contributed by atoms with E-state index in [-0.39, 0.29) is 11.8 Å². The van der Waals surface area contributed by atoms with Crippen LogP contribution in [0.1, 0.15) is 12.0 Å². The third-order valence-corrected chi connectivity index (χ3v) is 6.00. The molecule has 7 heteroatoms. The van der Waals surface area contributed by atoms with Crippen LogP contribution < -0.4 is 10.6 Å². The quantitative estimate of drug-likeness (QED) is 0.604. The number of piperazine rings is 1. The monoisotopic (exact) mass is 426 g/mol. The average molecular weight is 427 g/mol. The van der Waals surface area contributed by atoms with E-state index in [1.807, 2.05) is 60.9 Å². The van der Waals surface area contributed by atoms with E-state index < -0.39 is 0 Å². The maximum absolute atomic E-state index is 12.3. The van der Waals surface area contributed by atoms with E-state index in [0.717, 1.165) is 48.9 Å². The molecule has 0 spiro atoms. The Morgan fingerprint density at radius 1 is 0.900 bits per heavy atom. The summed E-state index contributed by atoms with van der Waals surface area (Å²) in [4.78, 5) is 30.0. The van der Waals surface area contributed by atoms with Crippen LogP contribution in [0.15, 0.2) is 59.5 Å². The summed E-state index contributed by atoms with van der Waals surface area (Å²) in [6.45, 7) is 5.16. The summed E-state index contributed by atoms with van der Waals surface area (Å²) >= 11 is 1.63. The molecule has 1 heterocycles. The number of anilines is 1. The molecule has 2 amide bonds. The first kappa shape index (κ1) is 22.3. The number of rotatable bonds is 9. The number of carbonyl (C=O) groups excluding carboxylic acids is 2. The molecule has 0 saturated carbocycles. The molecule has 30 heavy (non-hydrogen) atoms. The minimum Gasteiger partial charge on any atom is -0.351 e. The predicted molar refractivity (Wildman–Crippen MR) is 123 cm³/mol. The Bertz CT molecular complexity index is 823. The summed E-state index contributed by atoms with van der Waals surface area (Å²) in [6, 6.07) is 17.8. The fourth-order valence-electron chi connectivity index (χ4n) is 3.45. The van der Waals surface area contributed by atoms with Gasteiger partial charge in [0.15, 0.2) is 0 Å².